The van der Waals surface area contributed by atoms with Crippen LogP contribution < -0.4 is 10.1 Å². The van der Waals surface area contributed by atoms with E-state index in [0.29, 0.717) is 43.1 Å². The smallest absolute Gasteiger partial charge is 0.278 e. The summed E-state index contributed by atoms with van der Waals surface area (Å²) in [7, 11) is 1.56. The zero-order valence-corrected chi connectivity index (χ0v) is 19.4. The van der Waals surface area contributed by atoms with Crippen molar-refractivity contribution in [2.75, 3.05) is 32.2 Å². The van der Waals surface area contributed by atoms with Gasteiger partial charge in [0.05, 0.1) is 12.7 Å². The van der Waals surface area contributed by atoms with Crippen molar-refractivity contribution in [3.63, 3.8) is 0 Å². The van der Waals surface area contributed by atoms with Gasteiger partial charge in [-0.1, -0.05) is 43.7 Å². The average Bonchev–Trinajstić information content (AvgIpc) is 3.03. The Bertz CT molecular complexity index is 1010. The van der Waals surface area contributed by atoms with Crippen molar-refractivity contribution >= 4 is 23.1 Å². The number of imide groups is 1. The largest absolute Gasteiger partial charge is 0.496 e. The lowest BCUT2D eigenvalue weighted by atomic mass is 10.0. The summed E-state index contributed by atoms with van der Waals surface area (Å²) in [5.41, 5.74) is 4.15. The van der Waals surface area contributed by atoms with E-state index in [1.165, 1.54) is 4.90 Å². The number of carbonyl (C=O) groups is 2. The molecule has 1 heterocycles. The number of benzene rings is 2. The first-order valence-electron chi connectivity index (χ1n) is 11.1. The number of hydrogen-bond donors (Lipinski definition) is 1. The Balaban J connectivity index is 1.92. The maximum atomic E-state index is 13.4. The molecular weight excluding hydrogens is 404 g/mol. The molecular formula is C26H32N2O4. The second kappa shape index (κ2) is 11.0. The van der Waals surface area contributed by atoms with Gasteiger partial charge in [0, 0.05) is 31.0 Å². The Hall–Kier alpha value is -3.12. The van der Waals surface area contributed by atoms with Gasteiger partial charge in [-0.2, -0.15) is 0 Å². The number of carbonyl (C=O) groups excluding carboxylic acids is 2. The maximum Gasteiger partial charge on any atom is 0.278 e. The SMILES string of the molecule is CCCCOCCCN1C(=O)C(Nc2cccc(C)c2C)=C(c2ccccc2OC)C1=O. The van der Waals surface area contributed by atoms with Gasteiger partial charge < -0.3 is 14.8 Å². The van der Waals surface area contributed by atoms with Crippen molar-refractivity contribution in [1.29, 1.82) is 0 Å². The van der Waals surface area contributed by atoms with Crippen LogP contribution in [-0.4, -0.2) is 43.6 Å². The van der Waals surface area contributed by atoms with Crippen molar-refractivity contribution in [3.05, 3.63) is 64.9 Å². The molecule has 0 unspecified atom stereocenters. The predicted molar refractivity (Wildman–Crippen MR) is 127 cm³/mol. The lowest BCUT2D eigenvalue weighted by molar-refractivity contribution is -0.137. The topological polar surface area (TPSA) is 67.9 Å². The minimum Gasteiger partial charge on any atom is -0.496 e. The molecule has 0 bridgehead atoms. The highest BCUT2D eigenvalue weighted by molar-refractivity contribution is 6.37. The molecule has 1 aliphatic heterocycles. The molecule has 0 atom stereocenters. The number of anilines is 1. The van der Waals surface area contributed by atoms with Crippen LogP contribution in [0.5, 0.6) is 5.75 Å². The third kappa shape index (κ3) is 5.02. The van der Waals surface area contributed by atoms with E-state index in [1.54, 1.807) is 13.2 Å². The molecule has 2 amide bonds. The number of aryl methyl sites for hydroxylation is 1. The van der Waals surface area contributed by atoms with E-state index in [1.807, 2.05) is 50.2 Å². The Morgan fingerprint density at radius 2 is 1.69 bits per heavy atom. The second-order valence-electron chi connectivity index (χ2n) is 7.90. The van der Waals surface area contributed by atoms with E-state index in [2.05, 4.69) is 12.2 Å². The highest BCUT2D eigenvalue weighted by Crippen LogP contribution is 2.35. The fourth-order valence-corrected chi connectivity index (χ4v) is 3.69. The molecule has 6 heteroatoms. The first-order chi connectivity index (χ1) is 15.5. The highest BCUT2D eigenvalue weighted by Gasteiger charge is 2.40. The second-order valence-corrected chi connectivity index (χ2v) is 7.90. The molecule has 0 aliphatic carbocycles. The summed E-state index contributed by atoms with van der Waals surface area (Å²) in [4.78, 5) is 28.1. The third-order valence-electron chi connectivity index (χ3n) is 5.72. The van der Waals surface area contributed by atoms with Crippen LogP contribution in [-0.2, 0) is 14.3 Å². The standard InChI is InChI=1S/C26H32N2O4/c1-5-6-16-32-17-10-15-28-25(29)23(20-12-7-8-14-22(20)31-4)24(26(28)30)27-21-13-9-11-18(2)19(21)3/h7-9,11-14,27H,5-6,10,15-17H2,1-4H3. The van der Waals surface area contributed by atoms with Crippen LogP contribution in [0, 0.1) is 13.8 Å². The van der Waals surface area contributed by atoms with Crippen molar-refractivity contribution in [1.82, 2.24) is 4.90 Å². The summed E-state index contributed by atoms with van der Waals surface area (Å²) in [5.74, 6) is -0.0973. The fraction of sp³-hybridized carbons (Fsp3) is 0.385. The van der Waals surface area contributed by atoms with E-state index in [0.717, 1.165) is 29.7 Å². The Labute approximate surface area is 190 Å². The zero-order valence-electron chi connectivity index (χ0n) is 19.4. The van der Waals surface area contributed by atoms with Crippen molar-refractivity contribution in [3.8, 4) is 5.75 Å². The molecule has 0 radical (unpaired) electrons. The lowest BCUT2D eigenvalue weighted by Gasteiger charge is -2.16. The number of ether oxygens (including phenoxy) is 2. The van der Waals surface area contributed by atoms with E-state index in [9.17, 15) is 9.59 Å². The Morgan fingerprint density at radius 3 is 2.44 bits per heavy atom. The summed E-state index contributed by atoms with van der Waals surface area (Å²) in [6.45, 7) is 7.64. The number of hydrogen-bond acceptors (Lipinski definition) is 5. The maximum absolute atomic E-state index is 13.4. The number of nitrogens with one attached hydrogen (secondary N) is 1. The van der Waals surface area contributed by atoms with Gasteiger partial charge in [-0.05, 0) is 49.9 Å². The number of unbranched alkanes of at least 4 members (excludes halogenated alkanes) is 1. The number of para-hydroxylation sites is 1. The summed E-state index contributed by atoms with van der Waals surface area (Å²) in [5, 5.41) is 3.26. The molecule has 0 fully saturated rings. The van der Waals surface area contributed by atoms with Crippen molar-refractivity contribution in [2.24, 2.45) is 0 Å². The van der Waals surface area contributed by atoms with Gasteiger partial charge in [0.25, 0.3) is 11.8 Å². The van der Waals surface area contributed by atoms with E-state index < -0.39 is 0 Å². The van der Waals surface area contributed by atoms with Crippen LogP contribution in [0.25, 0.3) is 5.57 Å². The minimum absolute atomic E-state index is 0.278. The summed E-state index contributed by atoms with van der Waals surface area (Å²) < 4.78 is 11.1. The molecule has 0 aromatic heterocycles. The molecule has 2 aromatic rings. The van der Waals surface area contributed by atoms with Crippen LogP contribution in [0.3, 0.4) is 0 Å². The molecule has 2 aromatic carbocycles. The molecule has 6 nitrogen and oxygen atoms in total. The van der Waals surface area contributed by atoms with Gasteiger partial charge in [0.2, 0.25) is 0 Å². The van der Waals surface area contributed by atoms with Crippen molar-refractivity contribution in [2.45, 2.75) is 40.0 Å². The number of nitrogens with zero attached hydrogens (tertiary/aromatic N) is 1. The minimum atomic E-state index is -0.328. The average molecular weight is 437 g/mol. The van der Waals surface area contributed by atoms with E-state index in [-0.39, 0.29) is 17.5 Å². The molecule has 0 saturated heterocycles. The summed E-state index contributed by atoms with van der Waals surface area (Å²) in [6, 6.07) is 13.1. The summed E-state index contributed by atoms with van der Waals surface area (Å²) in [6.07, 6.45) is 2.67. The van der Waals surface area contributed by atoms with E-state index in [4.69, 9.17) is 9.47 Å². The Kier molecular flexibility index (Phi) is 8.06. The van der Waals surface area contributed by atoms with Gasteiger partial charge in [-0.25, -0.2) is 0 Å². The monoisotopic (exact) mass is 436 g/mol. The fourth-order valence-electron chi connectivity index (χ4n) is 3.69. The molecule has 170 valence electrons. The molecule has 32 heavy (non-hydrogen) atoms. The van der Waals surface area contributed by atoms with Crippen LogP contribution in [0.2, 0.25) is 0 Å². The number of methoxy groups -OCH3 is 1. The van der Waals surface area contributed by atoms with Gasteiger partial charge >= 0.3 is 0 Å². The highest BCUT2D eigenvalue weighted by atomic mass is 16.5. The van der Waals surface area contributed by atoms with Crippen LogP contribution in [0.4, 0.5) is 5.69 Å². The van der Waals surface area contributed by atoms with Gasteiger partial charge in [-0.15, -0.1) is 0 Å². The predicted octanol–water partition coefficient (Wildman–Crippen LogP) is 4.71. The first kappa shape index (κ1) is 23.5. The molecule has 1 N–H and O–H groups in total. The number of rotatable bonds is 11. The molecule has 3 rings (SSSR count). The molecule has 1 aliphatic rings. The van der Waals surface area contributed by atoms with Crippen LogP contribution in [0.15, 0.2) is 48.2 Å². The van der Waals surface area contributed by atoms with Crippen molar-refractivity contribution < 1.29 is 19.1 Å². The third-order valence-corrected chi connectivity index (χ3v) is 5.72. The van der Waals surface area contributed by atoms with E-state index >= 15 is 0 Å². The number of amides is 2. The van der Waals surface area contributed by atoms with Crippen LogP contribution >= 0.6 is 0 Å². The first-order valence-corrected chi connectivity index (χ1v) is 11.1. The zero-order chi connectivity index (χ0) is 23.1. The molecule has 0 spiro atoms. The summed E-state index contributed by atoms with van der Waals surface area (Å²) >= 11 is 0. The molecule has 0 saturated carbocycles. The van der Waals surface area contributed by atoms with Gasteiger partial charge in [0.15, 0.2) is 0 Å². The van der Waals surface area contributed by atoms with Gasteiger partial charge in [-0.3, -0.25) is 14.5 Å². The van der Waals surface area contributed by atoms with Gasteiger partial charge in [0.1, 0.15) is 11.4 Å². The Morgan fingerprint density at radius 1 is 0.938 bits per heavy atom. The normalized spacial score (nSPS) is 13.8. The lowest BCUT2D eigenvalue weighted by Crippen LogP contribution is -2.34. The quantitative estimate of drug-likeness (QED) is 0.408. The van der Waals surface area contributed by atoms with Crippen LogP contribution in [0.1, 0.15) is 42.9 Å².